The summed E-state index contributed by atoms with van der Waals surface area (Å²) >= 11 is 0. The third-order valence-corrected chi connectivity index (χ3v) is 3.20. The van der Waals surface area contributed by atoms with Gasteiger partial charge in [-0.25, -0.2) is 0 Å². The Morgan fingerprint density at radius 1 is 1.36 bits per heavy atom. The molecule has 0 aromatic heterocycles. The van der Waals surface area contributed by atoms with Crippen molar-refractivity contribution in [3.05, 3.63) is 0 Å². The monoisotopic (exact) mass is 218 g/mol. The minimum atomic E-state index is 0. The van der Waals surface area contributed by atoms with Crippen molar-refractivity contribution in [1.82, 2.24) is 10.6 Å². The summed E-state index contributed by atoms with van der Waals surface area (Å²) in [6, 6.07) is 0. The van der Waals surface area contributed by atoms with Gasteiger partial charge in [-0.3, -0.25) is 4.79 Å². The van der Waals surface area contributed by atoms with Gasteiger partial charge in [0.15, 0.2) is 0 Å². The lowest BCUT2D eigenvalue weighted by atomic mass is 9.85. The first-order chi connectivity index (χ1) is 6.36. The van der Waals surface area contributed by atoms with Crippen LogP contribution in [0.2, 0.25) is 0 Å². The number of hydrogen-bond donors (Lipinski definition) is 2. The first-order valence-electron chi connectivity index (χ1n) is 5.34. The Bertz CT molecular complexity index is 189. The number of nitrogens with one attached hydrogen (secondary N) is 2. The number of hydrogen-bond acceptors (Lipinski definition) is 2. The van der Waals surface area contributed by atoms with Crippen molar-refractivity contribution in [3.8, 4) is 0 Å². The summed E-state index contributed by atoms with van der Waals surface area (Å²) in [7, 11) is 0. The van der Waals surface area contributed by atoms with Gasteiger partial charge in [0.05, 0.1) is 0 Å². The van der Waals surface area contributed by atoms with E-state index in [4.69, 9.17) is 0 Å². The fraction of sp³-hybridized carbons (Fsp3) is 0.900. The van der Waals surface area contributed by atoms with Crippen LogP contribution in [-0.2, 0) is 4.79 Å². The summed E-state index contributed by atoms with van der Waals surface area (Å²) in [5.74, 6) is 1.30. The number of rotatable bonds is 3. The van der Waals surface area contributed by atoms with Crippen molar-refractivity contribution in [3.63, 3.8) is 0 Å². The van der Waals surface area contributed by atoms with E-state index in [1.807, 2.05) is 0 Å². The summed E-state index contributed by atoms with van der Waals surface area (Å²) < 4.78 is 0. The van der Waals surface area contributed by atoms with Gasteiger partial charge in [0.1, 0.15) is 0 Å². The van der Waals surface area contributed by atoms with Crippen LogP contribution in [0.15, 0.2) is 0 Å². The maximum Gasteiger partial charge on any atom is 0.223 e. The van der Waals surface area contributed by atoms with Crippen LogP contribution in [-0.4, -0.2) is 25.5 Å². The molecule has 0 radical (unpaired) electrons. The molecule has 0 aromatic rings. The molecular weight excluding hydrogens is 200 g/mol. The lowest BCUT2D eigenvalue weighted by molar-refractivity contribution is -0.127. The number of carbonyl (C=O) groups excluding carboxylic acids is 1. The highest BCUT2D eigenvalue weighted by Crippen LogP contribution is 2.26. The van der Waals surface area contributed by atoms with E-state index in [1.165, 1.54) is 12.8 Å². The Hall–Kier alpha value is -0.280. The highest BCUT2D eigenvalue weighted by atomic mass is 35.5. The molecule has 82 valence electrons. The van der Waals surface area contributed by atoms with Crippen molar-refractivity contribution in [1.29, 1.82) is 0 Å². The number of halogens is 1. The zero-order chi connectivity index (χ0) is 9.10. The minimum absolute atomic E-state index is 0. The van der Waals surface area contributed by atoms with Gasteiger partial charge in [0.25, 0.3) is 0 Å². The molecule has 2 N–H and O–H groups in total. The van der Waals surface area contributed by atoms with E-state index in [2.05, 4.69) is 10.6 Å². The fourth-order valence-electron chi connectivity index (χ4n) is 1.95. The normalized spacial score (nSPS) is 26.4. The van der Waals surface area contributed by atoms with E-state index in [0.29, 0.717) is 11.8 Å². The van der Waals surface area contributed by atoms with E-state index >= 15 is 0 Å². The topological polar surface area (TPSA) is 41.1 Å². The molecule has 2 aliphatic rings. The van der Waals surface area contributed by atoms with Crippen LogP contribution in [0.4, 0.5) is 0 Å². The molecule has 0 bridgehead atoms. The molecule has 4 heteroatoms. The molecule has 2 fully saturated rings. The second-order valence-corrected chi connectivity index (χ2v) is 4.23. The molecule has 14 heavy (non-hydrogen) atoms. The quantitative estimate of drug-likeness (QED) is 0.740. The molecule has 1 amide bonds. The van der Waals surface area contributed by atoms with Crippen LogP contribution < -0.4 is 10.6 Å². The molecule has 1 aliphatic heterocycles. The van der Waals surface area contributed by atoms with E-state index in [0.717, 1.165) is 32.5 Å². The Morgan fingerprint density at radius 2 is 2.14 bits per heavy atom. The van der Waals surface area contributed by atoms with Crippen molar-refractivity contribution >= 4 is 18.3 Å². The second kappa shape index (κ2) is 5.56. The van der Waals surface area contributed by atoms with Gasteiger partial charge >= 0.3 is 0 Å². The van der Waals surface area contributed by atoms with Crippen molar-refractivity contribution < 1.29 is 4.79 Å². The maximum atomic E-state index is 11.5. The lowest BCUT2D eigenvalue weighted by Gasteiger charge is -2.24. The van der Waals surface area contributed by atoms with E-state index < -0.39 is 0 Å². The molecule has 1 aliphatic carbocycles. The molecule has 3 nitrogen and oxygen atoms in total. The SMILES string of the molecule is Cl.O=C(NCC1CCNC1)C1CCC1. The van der Waals surface area contributed by atoms with Gasteiger partial charge in [-0.05, 0) is 38.3 Å². The number of amides is 1. The van der Waals surface area contributed by atoms with E-state index in [-0.39, 0.29) is 18.3 Å². The molecule has 1 atom stereocenters. The second-order valence-electron chi connectivity index (χ2n) is 4.23. The Kier molecular flexibility index (Phi) is 4.69. The van der Waals surface area contributed by atoms with Crippen LogP contribution in [0.5, 0.6) is 0 Å². The summed E-state index contributed by atoms with van der Waals surface area (Å²) in [5.41, 5.74) is 0. The van der Waals surface area contributed by atoms with Gasteiger partial charge in [0.2, 0.25) is 5.91 Å². The molecule has 2 rings (SSSR count). The highest BCUT2D eigenvalue weighted by Gasteiger charge is 2.25. The average Bonchev–Trinajstić information content (AvgIpc) is 2.49. The molecule has 1 saturated carbocycles. The van der Waals surface area contributed by atoms with Gasteiger partial charge in [-0.2, -0.15) is 0 Å². The van der Waals surface area contributed by atoms with Crippen LogP contribution in [0.25, 0.3) is 0 Å². The van der Waals surface area contributed by atoms with Gasteiger partial charge in [-0.1, -0.05) is 6.42 Å². The Labute approximate surface area is 91.4 Å². The van der Waals surface area contributed by atoms with Crippen LogP contribution in [0.3, 0.4) is 0 Å². The van der Waals surface area contributed by atoms with Crippen molar-refractivity contribution in [2.45, 2.75) is 25.7 Å². The predicted molar refractivity (Wildman–Crippen MR) is 58.6 cm³/mol. The van der Waals surface area contributed by atoms with Gasteiger partial charge < -0.3 is 10.6 Å². The summed E-state index contributed by atoms with van der Waals surface area (Å²) in [4.78, 5) is 11.5. The standard InChI is InChI=1S/C10H18N2O.ClH/c13-10(9-2-1-3-9)12-7-8-4-5-11-6-8;/h8-9,11H,1-7H2,(H,12,13);1H. The molecule has 0 aromatic carbocycles. The molecular formula is C10H19ClN2O. The molecule has 0 spiro atoms. The zero-order valence-electron chi connectivity index (χ0n) is 8.42. The van der Waals surface area contributed by atoms with Gasteiger partial charge in [-0.15, -0.1) is 12.4 Å². The Morgan fingerprint density at radius 3 is 2.64 bits per heavy atom. The van der Waals surface area contributed by atoms with E-state index in [1.54, 1.807) is 0 Å². The summed E-state index contributed by atoms with van der Waals surface area (Å²) in [5, 5.41) is 6.35. The van der Waals surface area contributed by atoms with Crippen molar-refractivity contribution in [2.24, 2.45) is 11.8 Å². The lowest BCUT2D eigenvalue weighted by Crippen LogP contribution is -2.37. The first kappa shape index (κ1) is 11.8. The number of carbonyl (C=O) groups is 1. The van der Waals surface area contributed by atoms with Crippen molar-refractivity contribution in [2.75, 3.05) is 19.6 Å². The van der Waals surface area contributed by atoms with Crippen LogP contribution in [0.1, 0.15) is 25.7 Å². The predicted octanol–water partition coefficient (Wildman–Crippen LogP) is 0.934. The highest BCUT2D eigenvalue weighted by molar-refractivity contribution is 5.85. The van der Waals surface area contributed by atoms with E-state index in [9.17, 15) is 4.79 Å². The molecule has 1 heterocycles. The third kappa shape index (κ3) is 2.85. The first-order valence-corrected chi connectivity index (χ1v) is 5.34. The molecule has 1 saturated heterocycles. The molecule has 1 unspecified atom stereocenters. The van der Waals surface area contributed by atoms with Crippen LogP contribution in [0, 0.1) is 11.8 Å². The average molecular weight is 219 g/mol. The minimum Gasteiger partial charge on any atom is -0.356 e. The maximum absolute atomic E-state index is 11.5. The zero-order valence-corrected chi connectivity index (χ0v) is 9.24. The van der Waals surface area contributed by atoms with Gasteiger partial charge in [0, 0.05) is 12.5 Å². The van der Waals surface area contributed by atoms with Crippen LogP contribution >= 0.6 is 12.4 Å². The Balaban J connectivity index is 0.000000980. The smallest absolute Gasteiger partial charge is 0.223 e. The summed E-state index contributed by atoms with van der Waals surface area (Å²) in [6.45, 7) is 3.07. The largest absolute Gasteiger partial charge is 0.356 e. The fourth-order valence-corrected chi connectivity index (χ4v) is 1.95. The third-order valence-electron chi connectivity index (χ3n) is 3.20. The summed E-state index contributed by atoms with van der Waals surface area (Å²) in [6.07, 6.45) is 4.66.